The van der Waals surface area contributed by atoms with Crippen LogP contribution < -0.4 is 4.74 Å². The first-order chi connectivity index (χ1) is 9.97. The van der Waals surface area contributed by atoms with Gasteiger partial charge in [-0.1, -0.05) is 11.6 Å². The summed E-state index contributed by atoms with van der Waals surface area (Å²) in [6, 6.07) is 5.20. The number of carbonyl (C=O) groups excluding carboxylic acids is 1. The van der Waals surface area contributed by atoms with E-state index in [-0.39, 0.29) is 12.0 Å². The molecule has 1 amide bonds. The summed E-state index contributed by atoms with van der Waals surface area (Å²) in [6.45, 7) is 2.20. The van der Waals surface area contributed by atoms with E-state index in [0.29, 0.717) is 29.3 Å². The molecule has 0 heterocycles. The molecule has 0 bridgehead atoms. The Balaban J connectivity index is 1.99. The lowest BCUT2D eigenvalue weighted by Crippen LogP contribution is -2.29. The molecule has 0 saturated heterocycles. The lowest BCUT2D eigenvalue weighted by Gasteiger charge is -2.26. The molecule has 116 valence electrons. The monoisotopic (exact) mass is 311 g/mol. The van der Waals surface area contributed by atoms with Crippen LogP contribution >= 0.6 is 11.6 Å². The third-order valence-electron chi connectivity index (χ3n) is 3.75. The molecule has 1 aromatic carbocycles. The van der Waals surface area contributed by atoms with Crippen LogP contribution in [-0.4, -0.2) is 41.7 Å². The molecule has 1 aromatic rings. The zero-order chi connectivity index (χ0) is 15.4. The first-order valence-corrected chi connectivity index (χ1v) is 7.75. The molecule has 0 aromatic heterocycles. The van der Waals surface area contributed by atoms with Gasteiger partial charge >= 0.3 is 0 Å². The lowest BCUT2D eigenvalue weighted by atomic mass is 9.96. The van der Waals surface area contributed by atoms with E-state index in [0.717, 1.165) is 12.8 Å². The topological polar surface area (TPSA) is 49.8 Å². The SMILES string of the molecule is CC(O)CCN(C)C(=O)c1ccc(OC2CCC2)cc1Cl. The average Bonchev–Trinajstić information content (AvgIpc) is 2.39. The van der Waals surface area contributed by atoms with Crippen molar-refractivity contribution in [3.05, 3.63) is 28.8 Å². The van der Waals surface area contributed by atoms with Gasteiger partial charge in [0.15, 0.2) is 0 Å². The summed E-state index contributed by atoms with van der Waals surface area (Å²) >= 11 is 6.20. The van der Waals surface area contributed by atoms with Crippen molar-refractivity contribution in [2.75, 3.05) is 13.6 Å². The van der Waals surface area contributed by atoms with Crippen molar-refractivity contribution >= 4 is 17.5 Å². The third kappa shape index (κ3) is 4.35. The Labute approximate surface area is 130 Å². The summed E-state index contributed by atoms with van der Waals surface area (Å²) in [5.41, 5.74) is 0.464. The van der Waals surface area contributed by atoms with Crippen LogP contribution in [0, 0.1) is 0 Å². The number of ether oxygens (including phenoxy) is 1. The van der Waals surface area contributed by atoms with E-state index in [9.17, 15) is 9.90 Å². The predicted octanol–water partition coefficient (Wildman–Crippen LogP) is 3.11. The second-order valence-electron chi connectivity index (χ2n) is 5.68. The largest absolute Gasteiger partial charge is 0.490 e. The predicted molar refractivity (Wildman–Crippen MR) is 83.0 cm³/mol. The number of hydrogen-bond donors (Lipinski definition) is 1. The number of aliphatic hydroxyl groups excluding tert-OH is 1. The molecule has 0 radical (unpaired) electrons. The molecule has 1 fully saturated rings. The summed E-state index contributed by atoms with van der Waals surface area (Å²) in [6.07, 6.45) is 3.79. The highest BCUT2D eigenvalue weighted by molar-refractivity contribution is 6.34. The van der Waals surface area contributed by atoms with Crippen LogP contribution in [0.25, 0.3) is 0 Å². The van der Waals surface area contributed by atoms with Gasteiger partial charge in [0.05, 0.1) is 22.8 Å². The third-order valence-corrected chi connectivity index (χ3v) is 4.07. The second-order valence-corrected chi connectivity index (χ2v) is 6.08. The molecule has 2 rings (SSSR count). The summed E-state index contributed by atoms with van der Waals surface area (Å²) in [5, 5.41) is 9.68. The fraction of sp³-hybridized carbons (Fsp3) is 0.562. The zero-order valence-electron chi connectivity index (χ0n) is 12.5. The van der Waals surface area contributed by atoms with Gasteiger partial charge in [0.1, 0.15) is 5.75 Å². The number of amides is 1. The van der Waals surface area contributed by atoms with Gasteiger partial charge in [-0.05, 0) is 50.8 Å². The van der Waals surface area contributed by atoms with Crippen LogP contribution in [0.4, 0.5) is 0 Å². The number of rotatable bonds is 6. The molecular formula is C16H22ClNO3. The zero-order valence-corrected chi connectivity index (χ0v) is 13.3. The number of benzene rings is 1. The Morgan fingerprint density at radius 2 is 2.24 bits per heavy atom. The van der Waals surface area contributed by atoms with Crippen molar-refractivity contribution in [3.8, 4) is 5.75 Å². The minimum absolute atomic E-state index is 0.143. The van der Waals surface area contributed by atoms with Crippen molar-refractivity contribution in [1.29, 1.82) is 0 Å². The van der Waals surface area contributed by atoms with Crippen molar-refractivity contribution in [1.82, 2.24) is 4.90 Å². The highest BCUT2D eigenvalue weighted by Gasteiger charge is 2.20. The van der Waals surface area contributed by atoms with Crippen molar-refractivity contribution in [2.45, 2.75) is 44.8 Å². The molecule has 0 aliphatic heterocycles. The minimum Gasteiger partial charge on any atom is -0.490 e. The number of halogens is 1. The summed E-state index contributed by atoms with van der Waals surface area (Å²) < 4.78 is 5.76. The maximum Gasteiger partial charge on any atom is 0.255 e. The summed E-state index contributed by atoms with van der Waals surface area (Å²) in [7, 11) is 1.71. The van der Waals surface area contributed by atoms with Crippen molar-refractivity contribution < 1.29 is 14.6 Å². The first-order valence-electron chi connectivity index (χ1n) is 7.37. The fourth-order valence-electron chi connectivity index (χ4n) is 2.11. The molecule has 4 nitrogen and oxygen atoms in total. The summed E-state index contributed by atoms with van der Waals surface area (Å²) in [5.74, 6) is 0.573. The normalized spacial score (nSPS) is 16.2. The van der Waals surface area contributed by atoms with Crippen LogP contribution in [0.15, 0.2) is 18.2 Å². The Hall–Kier alpha value is -1.26. The lowest BCUT2D eigenvalue weighted by molar-refractivity contribution is 0.0769. The Bertz CT molecular complexity index is 500. The highest BCUT2D eigenvalue weighted by Crippen LogP contribution is 2.28. The smallest absolute Gasteiger partial charge is 0.255 e. The van der Waals surface area contributed by atoms with Crippen LogP contribution in [0.2, 0.25) is 5.02 Å². The molecule has 1 atom stereocenters. The van der Waals surface area contributed by atoms with E-state index in [2.05, 4.69) is 0 Å². The molecule has 1 aliphatic carbocycles. The van der Waals surface area contributed by atoms with Gasteiger partial charge in [-0.15, -0.1) is 0 Å². The molecule has 0 spiro atoms. The molecule has 1 unspecified atom stereocenters. The van der Waals surface area contributed by atoms with Gasteiger partial charge in [-0.2, -0.15) is 0 Å². The van der Waals surface area contributed by atoms with Crippen LogP contribution in [0.3, 0.4) is 0 Å². The number of nitrogens with zero attached hydrogens (tertiary/aromatic N) is 1. The van der Waals surface area contributed by atoms with Crippen LogP contribution in [0.5, 0.6) is 5.75 Å². The van der Waals surface area contributed by atoms with Gasteiger partial charge in [0.2, 0.25) is 0 Å². The quantitative estimate of drug-likeness (QED) is 0.878. The van der Waals surface area contributed by atoms with Crippen LogP contribution in [-0.2, 0) is 0 Å². The van der Waals surface area contributed by atoms with Gasteiger partial charge in [0.25, 0.3) is 5.91 Å². The maximum absolute atomic E-state index is 12.3. The van der Waals surface area contributed by atoms with E-state index < -0.39 is 6.10 Å². The number of hydrogen-bond acceptors (Lipinski definition) is 3. The Morgan fingerprint density at radius 1 is 1.52 bits per heavy atom. The van der Waals surface area contributed by atoms with E-state index >= 15 is 0 Å². The Morgan fingerprint density at radius 3 is 2.76 bits per heavy atom. The molecule has 1 saturated carbocycles. The van der Waals surface area contributed by atoms with E-state index in [1.807, 2.05) is 0 Å². The molecule has 1 aliphatic rings. The van der Waals surface area contributed by atoms with Gasteiger partial charge in [-0.3, -0.25) is 4.79 Å². The number of carbonyl (C=O) groups is 1. The number of aliphatic hydroxyl groups is 1. The average molecular weight is 312 g/mol. The van der Waals surface area contributed by atoms with E-state index in [4.69, 9.17) is 16.3 Å². The van der Waals surface area contributed by atoms with Gasteiger partial charge in [-0.25, -0.2) is 0 Å². The van der Waals surface area contributed by atoms with Crippen molar-refractivity contribution in [3.63, 3.8) is 0 Å². The van der Waals surface area contributed by atoms with Gasteiger partial charge < -0.3 is 14.7 Å². The Kier molecular flexibility index (Phi) is 5.48. The van der Waals surface area contributed by atoms with Crippen LogP contribution in [0.1, 0.15) is 43.0 Å². The first kappa shape index (κ1) is 16.1. The second kappa shape index (κ2) is 7.14. The summed E-state index contributed by atoms with van der Waals surface area (Å²) in [4.78, 5) is 13.9. The van der Waals surface area contributed by atoms with Gasteiger partial charge in [0, 0.05) is 13.6 Å². The van der Waals surface area contributed by atoms with E-state index in [1.165, 1.54) is 6.42 Å². The minimum atomic E-state index is -0.422. The molecule has 5 heteroatoms. The standard InChI is InChI=1S/C16H22ClNO3/c1-11(19)8-9-18(2)16(20)14-7-6-13(10-15(14)17)21-12-4-3-5-12/h6-7,10-12,19H,3-5,8-9H2,1-2H3. The maximum atomic E-state index is 12.3. The molecular weight excluding hydrogens is 290 g/mol. The molecule has 21 heavy (non-hydrogen) atoms. The van der Waals surface area contributed by atoms with Crippen molar-refractivity contribution in [2.24, 2.45) is 0 Å². The highest BCUT2D eigenvalue weighted by atomic mass is 35.5. The fourth-order valence-corrected chi connectivity index (χ4v) is 2.36. The van der Waals surface area contributed by atoms with E-state index in [1.54, 1.807) is 37.1 Å². The molecule has 1 N–H and O–H groups in total.